The number of fused-ring (bicyclic) bond motifs is 1. The lowest BCUT2D eigenvalue weighted by atomic mass is 10.0. The molecule has 28 heavy (non-hydrogen) atoms. The summed E-state index contributed by atoms with van der Waals surface area (Å²) in [6, 6.07) is 13.1. The van der Waals surface area contributed by atoms with Crippen molar-refractivity contribution in [3.8, 4) is 0 Å². The van der Waals surface area contributed by atoms with Crippen LogP contribution in [-0.2, 0) is 12.6 Å². The summed E-state index contributed by atoms with van der Waals surface area (Å²) in [5.41, 5.74) is 0.896. The predicted molar refractivity (Wildman–Crippen MR) is 107 cm³/mol. The third-order valence-corrected chi connectivity index (χ3v) is 5.50. The van der Waals surface area contributed by atoms with Gasteiger partial charge in [-0.1, -0.05) is 45.5 Å². The van der Waals surface area contributed by atoms with Crippen molar-refractivity contribution in [1.29, 1.82) is 0 Å². The fourth-order valence-corrected chi connectivity index (χ4v) is 3.94. The number of hydrogen-bond donors (Lipinski definition) is 1. The van der Waals surface area contributed by atoms with Crippen LogP contribution in [0.4, 0.5) is 24.7 Å². The Balaban J connectivity index is 1.67. The predicted octanol–water partition coefficient (Wildman–Crippen LogP) is 6.20. The van der Waals surface area contributed by atoms with Gasteiger partial charge in [-0.3, -0.25) is 0 Å². The summed E-state index contributed by atoms with van der Waals surface area (Å²) in [6.07, 6.45) is -2.91. The van der Waals surface area contributed by atoms with E-state index in [4.69, 9.17) is 0 Å². The zero-order valence-electron chi connectivity index (χ0n) is 14.2. The Morgan fingerprint density at radius 2 is 1.75 bits per heavy atom. The van der Waals surface area contributed by atoms with Gasteiger partial charge < -0.3 is 5.32 Å². The first kappa shape index (κ1) is 18.8. The van der Waals surface area contributed by atoms with Crippen LogP contribution in [0.5, 0.6) is 0 Å². The van der Waals surface area contributed by atoms with E-state index < -0.39 is 11.7 Å². The van der Waals surface area contributed by atoms with Crippen molar-refractivity contribution in [3.63, 3.8) is 0 Å². The summed E-state index contributed by atoms with van der Waals surface area (Å²) in [5, 5.41) is 3.73. The van der Waals surface area contributed by atoms with Crippen LogP contribution in [0.1, 0.15) is 16.1 Å². The minimum Gasteiger partial charge on any atom is -0.338 e. The van der Waals surface area contributed by atoms with Gasteiger partial charge in [-0.15, -0.1) is 0 Å². The van der Waals surface area contributed by atoms with E-state index in [2.05, 4.69) is 36.2 Å². The number of nitrogens with one attached hydrogen (secondary N) is 1. The number of aromatic nitrogens is 3. The summed E-state index contributed by atoms with van der Waals surface area (Å²) in [7, 11) is 0. The van der Waals surface area contributed by atoms with E-state index >= 15 is 0 Å². The molecule has 4 nitrogen and oxygen atoms in total. The summed E-state index contributed by atoms with van der Waals surface area (Å²) in [6.45, 7) is 0. The molecule has 2 heterocycles. The van der Waals surface area contributed by atoms with Crippen LogP contribution in [-0.4, -0.2) is 15.0 Å². The van der Waals surface area contributed by atoms with Gasteiger partial charge in [-0.25, -0.2) is 15.0 Å². The average molecular weight is 465 g/mol. The Bertz CT molecular complexity index is 1130. The largest absolute Gasteiger partial charge is 0.416 e. The molecule has 0 spiro atoms. The molecule has 0 unspecified atom stereocenters. The number of benzene rings is 2. The fourth-order valence-electron chi connectivity index (χ4n) is 2.75. The number of thiazole rings is 1. The lowest BCUT2D eigenvalue weighted by Gasteiger charge is -2.11. The fraction of sp³-hybridized carbons (Fsp3) is 0.105. The quantitative estimate of drug-likeness (QED) is 0.390. The molecule has 0 aliphatic carbocycles. The van der Waals surface area contributed by atoms with E-state index in [1.807, 2.05) is 24.3 Å². The summed E-state index contributed by atoms with van der Waals surface area (Å²) < 4.78 is 40.7. The number of rotatable bonds is 4. The van der Waals surface area contributed by atoms with Crippen LogP contribution < -0.4 is 5.32 Å². The maximum Gasteiger partial charge on any atom is 0.416 e. The van der Waals surface area contributed by atoms with Crippen molar-refractivity contribution < 1.29 is 13.2 Å². The van der Waals surface area contributed by atoms with E-state index in [1.54, 1.807) is 6.07 Å². The minimum absolute atomic E-state index is 0.0778. The Kier molecular flexibility index (Phi) is 5.03. The molecule has 0 saturated heterocycles. The molecule has 9 heteroatoms. The Morgan fingerprint density at radius 3 is 2.50 bits per heavy atom. The summed E-state index contributed by atoms with van der Waals surface area (Å²) in [4.78, 5) is 13.6. The smallest absolute Gasteiger partial charge is 0.338 e. The first-order valence-electron chi connectivity index (χ1n) is 8.18. The van der Waals surface area contributed by atoms with Crippen molar-refractivity contribution >= 4 is 49.1 Å². The monoisotopic (exact) mass is 464 g/mol. The molecule has 0 bridgehead atoms. The number of hydrogen-bond acceptors (Lipinski definition) is 5. The van der Waals surface area contributed by atoms with Crippen molar-refractivity contribution in [1.82, 2.24) is 15.0 Å². The van der Waals surface area contributed by atoms with Gasteiger partial charge in [0.1, 0.15) is 21.7 Å². The molecule has 0 saturated carbocycles. The summed E-state index contributed by atoms with van der Waals surface area (Å²) >= 11 is 4.64. The molecule has 142 valence electrons. The Morgan fingerprint density at radius 1 is 1.00 bits per heavy atom. The average Bonchev–Trinajstić information content (AvgIpc) is 3.07. The number of nitrogens with zero attached hydrogens (tertiary/aromatic N) is 3. The molecule has 1 N–H and O–H groups in total. The van der Waals surface area contributed by atoms with E-state index in [1.165, 1.54) is 29.8 Å². The van der Waals surface area contributed by atoms with Crippen molar-refractivity contribution in [2.75, 3.05) is 5.32 Å². The van der Waals surface area contributed by atoms with Crippen LogP contribution in [0.15, 0.2) is 59.3 Å². The molecular formula is C19H12BrF3N4S. The van der Waals surface area contributed by atoms with Crippen LogP contribution in [0, 0.1) is 0 Å². The van der Waals surface area contributed by atoms with Crippen LogP contribution >= 0.6 is 27.3 Å². The van der Waals surface area contributed by atoms with Crippen molar-refractivity contribution in [3.05, 3.63) is 75.5 Å². The van der Waals surface area contributed by atoms with Gasteiger partial charge in [0.15, 0.2) is 5.82 Å². The molecule has 2 aromatic carbocycles. The van der Waals surface area contributed by atoms with E-state index in [0.717, 1.165) is 16.2 Å². The molecule has 0 aliphatic rings. The van der Waals surface area contributed by atoms with Gasteiger partial charge in [0, 0.05) is 16.6 Å². The highest BCUT2D eigenvalue weighted by atomic mass is 79.9. The standard InChI is InChI=1S/C19H12BrF3N4S/c20-12-5-7-13(8-6-12)26-17-16-18(25-10-24-17)28-15(27-16)9-11-3-1-2-4-14(11)19(21,22)23/h1-8,10H,9H2,(H,24,25,26). The first-order chi connectivity index (χ1) is 13.4. The third kappa shape index (κ3) is 4.00. The van der Waals surface area contributed by atoms with Gasteiger partial charge in [0.2, 0.25) is 0 Å². The first-order valence-corrected chi connectivity index (χ1v) is 9.79. The van der Waals surface area contributed by atoms with E-state index in [0.29, 0.717) is 21.2 Å². The molecule has 0 atom stereocenters. The molecule has 0 fully saturated rings. The highest BCUT2D eigenvalue weighted by Crippen LogP contribution is 2.34. The van der Waals surface area contributed by atoms with Gasteiger partial charge in [0.25, 0.3) is 0 Å². The Labute approximate surface area is 170 Å². The normalized spacial score (nSPS) is 11.7. The highest BCUT2D eigenvalue weighted by Gasteiger charge is 2.33. The van der Waals surface area contributed by atoms with Gasteiger partial charge in [-0.05, 0) is 35.9 Å². The molecule has 0 amide bonds. The van der Waals surface area contributed by atoms with E-state index in [-0.39, 0.29) is 12.0 Å². The molecular weight excluding hydrogens is 453 g/mol. The number of halogens is 4. The number of anilines is 2. The SMILES string of the molecule is FC(F)(F)c1ccccc1Cc1nc2c(Nc3ccc(Br)cc3)ncnc2s1. The molecule has 4 rings (SSSR count). The van der Waals surface area contributed by atoms with Crippen LogP contribution in [0.25, 0.3) is 10.3 Å². The second-order valence-electron chi connectivity index (χ2n) is 5.95. The number of alkyl halides is 3. The highest BCUT2D eigenvalue weighted by molar-refractivity contribution is 9.10. The lowest BCUT2D eigenvalue weighted by molar-refractivity contribution is -0.138. The molecule has 0 aliphatic heterocycles. The third-order valence-electron chi connectivity index (χ3n) is 4.01. The second kappa shape index (κ2) is 7.48. The maximum absolute atomic E-state index is 13.2. The van der Waals surface area contributed by atoms with E-state index in [9.17, 15) is 13.2 Å². The van der Waals surface area contributed by atoms with Gasteiger partial charge >= 0.3 is 6.18 Å². The molecule has 4 aromatic rings. The zero-order valence-corrected chi connectivity index (χ0v) is 16.6. The minimum atomic E-state index is -4.40. The maximum atomic E-state index is 13.2. The lowest BCUT2D eigenvalue weighted by Crippen LogP contribution is -2.09. The summed E-state index contributed by atoms with van der Waals surface area (Å²) in [5.74, 6) is 0.513. The van der Waals surface area contributed by atoms with Crippen molar-refractivity contribution in [2.24, 2.45) is 0 Å². The van der Waals surface area contributed by atoms with Crippen molar-refractivity contribution in [2.45, 2.75) is 12.6 Å². The van der Waals surface area contributed by atoms with Gasteiger partial charge in [-0.2, -0.15) is 13.2 Å². The molecule has 0 radical (unpaired) electrons. The van der Waals surface area contributed by atoms with Gasteiger partial charge in [0.05, 0.1) is 5.56 Å². The Hall–Kier alpha value is -2.52. The second-order valence-corrected chi connectivity index (χ2v) is 7.92. The molecule has 2 aromatic heterocycles. The van der Waals surface area contributed by atoms with Crippen LogP contribution in [0.3, 0.4) is 0 Å². The zero-order chi connectivity index (χ0) is 19.7. The van der Waals surface area contributed by atoms with Crippen LogP contribution in [0.2, 0.25) is 0 Å². The topological polar surface area (TPSA) is 50.7 Å².